The van der Waals surface area contributed by atoms with Gasteiger partial charge in [-0.1, -0.05) is 18.2 Å². The number of rotatable bonds is 7. The Bertz CT molecular complexity index is 1280. The van der Waals surface area contributed by atoms with E-state index in [1.165, 1.54) is 10.6 Å². The molecule has 0 amide bonds. The van der Waals surface area contributed by atoms with Gasteiger partial charge in [-0.15, -0.1) is 11.8 Å². The summed E-state index contributed by atoms with van der Waals surface area (Å²) in [5.41, 5.74) is 5.10. The van der Waals surface area contributed by atoms with Gasteiger partial charge in [-0.25, -0.2) is 9.97 Å². The topological polar surface area (TPSA) is 69.3 Å². The van der Waals surface area contributed by atoms with E-state index in [1.54, 1.807) is 18.9 Å². The summed E-state index contributed by atoms with van der Waals surface area (Å²) in [5, 5.41) is 3.52. The molecular weight excluding hydrogens is 444 g/mol. The van der Waals surface area contributed by atoms with E-state index in [9.17, 15) is 0 Å². The van der Waals surface area contributed by atoms with Crippen LogP contribution in [0.4, 0.5) is 17.2 Å². The quantitative estimate of drug-likeness (QED) is 0.374. The average molecular weight is 475 g/mol. The number of aromatic nitrogens is 3. The van der Waals surface area contributed by atoms with Gasteiger partial charge in [-0.3, -0.25) is 0 Å². The number of thioether (sulfide) groups is 1. The van der Waals surface area contributed by atoms with E-state index >= 15 is 0 Å². The molecule has 3 heterocycles. The number of nitrogens with zero attached hydrogens (tertiary/aromatic N) is 4. The first-order valence-corrected chi connectivity index (χ1v) is 12.7. The molecule has 0 atom stereocenters. The minimum atomic E-state index is 0.589. The molecule has 1 aliphatic rings. The van der Waals surface area contributed by atoms with Crippen LogP contribution in [0, 0.1) is 0 Å². The van der Waals surface area contributed by atoms with Gasteiger partial charge in [0.05, 0.1) is 18.3 Å². The molecule has 0 aliphatic carbocycles. The van der Waals surface area contributed by atoms with Gasteiger partial charge in [-0.05, 0) is 37.6 Å². The molecule has 1 fully saturated rings. The van der Waals surface area contributed by atoms with Crippen molar-refractivity contribution in [2.24, 2.45) is 0 Å². The van der Waals surface area contributed by atoms with Gasteiger partial charge in [0.1, 0.15) is 17.1 Å². The summed E-state index contributed by atoms with van der Waals surface area (Å²) in [6.45, 7) is 4.20. The number of H-pyrrole nitrogens is 1. The highest BCUT2D eigenvalue weighted by atomic mass is 32.2. The molecule has 1 aliphatic heterocycles. The monoisotopic (exact) mass is 474 g/mol. The molecule has 2 N–H and O–H groups in total. The lowest BCUT2D eigenvalue weighted by Gasteiger charge is -2.34. The number of likely N-dealkylation sites (N-methyl/N-ethyl adjacent to an activating group) is 1. The number of piperazine rings is 1. The Morgan fingerprint density at radius 1 is 1.06 bits per heavy atom. The molecule has 176 valence electrons. The molecule has 0 unspecified atom stereocenters. The van der Waals surface area contributed by atoms with E-state index in [4.69, 9.17) is 14.7 Å². The van der Waals surface area contributed by atoms with E-state index in [1.807, 2.05) is 24.4 Å². The second-order valence-electron chi connectivity index (χ2n) is 8.51. The largest absolute Gasteiger partial charge is 0.496 e. The molecule has 1 saturated heterocycles. The number of methoxy groups -OCH3 is 1. The van der Waals surface area contributed by atoms with Crippen LogP contribution < -0.4 is 15.0 Å². The van der Waals surface area contributed by atoms with Crippen molar-refractivity contribution in [3.05, 3.63) is 66.1 Å². The van der Waals surface area contributed by atoms with Crippen LogP contribution in [0.2, 0.25) is 0 Å². The Hall–Kier alpha value is -3.23. The van der Waals surface area contributed by atoms with Gasteiger partial charge in [0.2, 0.25) is 0 Å². The summed E-state index contributed by atoms with van der Waals surface area (Å²) < 4.78 is 5.78. The first-order chi connectivity index (χ1) is 16.6. The summed E-state index contributed by atoms with van der Waals surface area (Å²) in [6, 6.07) is 16.7. The highest BCUT2D eigenvalue weighted by Gasteiger charge is 2.17. The van der Waals surface area contributed by atoms with Gasteiger partial charge in [0, 0.05) is 61.0 Å². The van der Waals surface area contributed by atoms with Crippen LogP contribution in [0.3, 0.4) is 0 Å². The zero-order chi connectivity index (χ0) is 23.5. The van der Waals surface area contributed by atoms with Crippen molar-refractivity contribution in [2.75, 3.05) is 56.8 Å². The smallest absolute Gasteiger partial charge is 0.158 e. The molecule has 0 saturated carbocycles. The maximum atomic E-state index is 5.78. The van der Waals surface area contributed by atoms with Crippen LogP contribution in [0.1, 0.15) is 11.4 Å². The lowest BCUT2D eigenvalue weighted by Crippen LogP contribution is -2.44. The van der Waals surface area contributed by atoms with Crippen molar-refractivity contribution in [3.8, 4) is 5.75 Å². The maximum absolute atomic E-state index is 5.78. The second-order valence-corrected chi connectivity index (χ2v) is 9.36. The Morgan fingerprint density at radius 2 is 1.88 bits per heavy atom. The maximum Gasteiger partial charge on any atom is 0.158 e. The summed E-state index contributed by atoms with van der Waals surface area (Å²) >= 11 is 1.71. The molecular formula is C26H30N6OS. The van der Waals surface area contributed by atoms with Gasteiger partial charge < -0.3 is 24.8 Å². The number of para-hydroxylation sites is 1. The molecule has 7 nitrogen and oxygen atoms in total. The Kier molecular flexibility index (Phi) is 6.60. The van der Waals surface area contributed by atoms with Gasteiger partial charge >= 0.3 is 0 Å². The minimum Gasteiger partial charge on any atom is -0.496 e. The molecule has 4 aromatic rings. The summed E-state index contributed by atoms with van der Waals surface area (Å²) in [4.78, 5) is 18.9. The lowest BCUT2D eigenvalue weighted by atomic mass is 10.1. The van der Waals surface area contributed by atoms with Crippen LogP contribution in [-0.4, -0.2) is 66.4 Å². The zero-order valence-corrected chi connectivity index (χ0v) is 20.7. The SMILES string of the molecule is COc1cc(N2CCN(C)CC2)ccc1Cc1nc(Nc2ccccc2SC)c2[nH]ccc2n1. The summed E-state index contributed by atoms with van der Waals surface area (Å²) in [7, 11) is 3.90. The summed E-state index contributed by atoms with van der Waals surface area (Å²) in [6.07, 6.45) is 4.57. The third-order valence-electron chi connectivity index (χ3n) is 6.30. The fourth-order valence-corrected chi connectivity index (χ4v) is 4.90. The minimum absolute atomic E-state index is 0.589. The van der Waals surface area contributed by atoms with E-state index < -0.39 is 0 Å². The molecule has 0 spiro atoms. The van der Waals surface area contributed by atoms with Crippen LogP contribution >= 0.6 is 11.8 Å². The van der Waals surface area contributed by atoms with Crippen molar-refractivity contribution >= 4 is 40.0 Å². The number of benzene rings is 2. The highest BCUT2D eigenvalue weighted by molar-refractivity contribution is 7.98. The number of ether oxygens (including phenoxy) is 1. The van der Waals surface area contributed by atoms with Crippen molar-refractivity contribution < 1.29 is 4.74 Å². The number of hydrogen-bond donors (Lipinski definition) is 2. The van der Waals surface area contributed by atoms with Gasteiger partial charge in [0.25, 0.3) is 0 Å². The predicted octanol–water partition coefficient (Wildman–Crippen LogP) is 4.77. The third-order valence-corrected chi connectivity index (χ3v) is 7.10. The van der Waals surface area contributed by atoms with Crippen molar-refractivity contribution in [1.82, 2.24) is 19.9 Å². The first-order valence-electron chi connectivity index (χ1n) is 11.5. The average Bonchev–Trinajstić information content (AvgIpc) is 3.34. The number of anilines is 3. The first kappa shape index (κ1) is 22.6. The van der Waals surface area contributed by atoms with Gasteiger partial charge in [-0.2, -0.15) is 0 Å². The van der Waals surface area contributed by atoms with Gasteiger partial charge in [0.15, 0.2) is 5.82 Å². The number of aromatic amines is 1. The number of hydrogen-bond acceptors (Lipinski definition) is 7. The Balaban J connectivity index is 1.44. The molecule has 8 heteroatoms. The van der Waals surface area contributed by atoms with Crippen molar-refractivity contribution in [1.29, 1.82) is 0 Å². The fraction of sp³-hybridized carbons (Fsp3) is 0.308. The second kappa shape index (κ2) is 9.95. The molecule has 2 aromatic heterocycles. The normalized spacial score (nSPS) is 14.5. The van der Waals surface area contributed by atoms with Crippen LogP contribution in [-0.2, 0) is 6.42 Å². The standard InChI is InChI=1S/C26H30N6OS/c1-31-12-14-32(15-13-31)19-9-8-18(22(17-19)33-2)16-24-28-21-10-11-27-25(21)26(30-24)29-20-6-4-5-7-23(20)34-3/h4-11,17,27H,12-16H2,1-3H3,(H,28,29,30). The molecule has 2 aromatic carbocycles. The fourth-order valence-electron chi connectivity index (χ4n) is 4.35. The van der Waals surface area contributed by atoms with Crippen LogP contribution in [0.25, 0.3) is 11.0 Å². The Labute approximate surface area is 204 Å². The van der Waals surface area contributed by atoms with E-state index in [-0.39, 0.29) is 0 Å². The number of fused-ring (bicyclic) bond motifs is 1. The predicted molar refractivity (Wildman–Crippen MR) is 141 cm³/mol. The number of nitrogens with one attached hydrogen (secondary N) is 2. The lowest BCUT2D eigenvalue weighted by molar-refractivity contribution is 0.312. The van der Waals surface area contributed by atoms with E-state index in [0.717, 1.165) is 65.9 Å². The molecule has 0 bridgehead atoms. The molecule has 34 heavy (non-hydrogen) atoms. The third kappa shape index (κ3) is 4.69. The molecule has 5 rings (SSSR count). The highest BCUT2D eigenvalue weighted by Crippen LogP contribution is 2.31. The van der Waals surface area contributed by atoms with E-state index in [2.05, 4.69) is 63.7 Å². The Morgan fingerprint density at radius 3 is 2.68 bits per heavy atom. The van der Waals surface area contributed by atoms with E-state index in [0.29, 0.717) is 6.42 Å². The zero-order valence-electron chi connectivity index (χ0n) is 19.8. The van der Waals surface area contributed by atoms with Crippen LogP contribution in [0.5, 0.6) is 5.75 Å². The van der Waals surface area contributed by atoms with Crippen molar-refractivity contribution in [2.45, 2.75) is 11.3 Å². The van der Waals surface area contributed by atoms with Crippen LogP contribution in [0.15, 0.2) is 59.6 Å². The van der Waals surface area contributed by atoms with Crippen molar-refractivity contribution in [3.63, 3.8) is 0 Å². The molecule has 0 radical (unpaired) electrons. The summed E-state index contributed by atoms with van der Waals surface area (Å²) in [5.74, 6) is 2.40.